The van der Waals surface area contributed by atoms with Crippen molar-refractivity contribution in [3.05, 3.63) is 70.0 Å². The number of aromatic nitrogens is 2. The van der Waals surface area contributed by atoms with Crippen LogP contribution in [-0.2, 0) is 28.8 Å². The Kier molecular flexibility index (Phi) is 6.64. The van der Waals surface area contributed by atoms with Crippen molar-refractivity contribution in [3.8, 4) is 0 Å². The number of fused-ring (bicyclic) bond motifs is 1. The Morgan fingerprint density at radius 1 is 1.12 bits per heavy atom. The second-order valence-corrected chi connectivity index (χ2v) is 7.71. The van der Waals surface area contributed by atoms with Crippen molar-refractivity contribution in [2.24, 2.45) is 0 Å². The molecule has 0 bridgehead atoms. The molecule has 0 saturated carbocycles. The lowest BCUT2D eigenvalue weighted by molar-refractivity contribution is -0.138. The molecule has 4 rings (SSSR count). The highest BCUT2D eigenvalue weighted by Gasteiger charge is 2.34. The zero-order valence-corrected chi connectivity index (χ0v) is 17.8. The van der Waals surface area contributed by atoms with Gasteiger partial charge >= 0.3 is 6.18 Å². The van der Waals surface area contributed by atoms with Crippen LogP contribution in [0, 0.1) is 0 Å². The van der Waals surface area contributed by atoms with Crippen molar-refractivity contribution < 1.29 is 22.7 Å². The van der Waals surface area contributed by atoms with Gasteiger partial charge in [0.25, 0.3) is 0 Å². The van der Waals surface area contributed by atoms with Gasteiger partial charge in [0.2, 0.25) is 11.3 Å². The van der Waals surface area contributed by atoms with Gasteiger partial charge in [-0.1, -0.05) is 18.2 Å². The first-order valence-electron chi connectivity index (χ1n) is 10.6. The highest BCUT2D eigenvalue weighted by Crippen LogP contribution is 2.35. The SMILES string of the molecule is O=C(CCn1ncc(=O)c2ccccc21)NCc1ccc(N2CCOCC2)cc1C(F)(F)F. The number of benzene rings is 2. The molecule has 1 amide bonds. The molecule has 10 heteroatoms. The molecule has 0 unspecified atom stereocenters. The van der Waals surface area contributed by atoms with Gasteiger partial charge in [0.15, 0.2) is 0 Å². The number of aryl methyl sites for hydroxylation is 1. The van der Waals surface area contributed by atoms with Crippen LogP contribution in [0.25, 0.3) is 10.9 Å². The van der Waals surface area contributed by atoms with E-state index in [4.69, 9.17) is 4.74 Å². The maximum Gasteiger partial charge on any atom is 0.416 e. The van der Waals surface area contributed by atoms with Crippen molar-refractivity contribution in [2.75, 3.05) is 31.2 Å². The molecular formula is C23H23F3N4O3. The molecule has 1 aliphatic rings. The number of morpholine rings is 1. The molecule has 1 aromatic heterocycles. The van der Waals surface area contributed by atoms with Gasteiger partial charge in [0, 0.05) is 37.1 Å². The van der Waals surface area contributed by atoms with E-state index < -0.39 is 17.6 Å². The van der Waals surface area contributed by atoms with Crippen LogP contribution in [0.3, 0.4) is 0 Å². The van der Waals surface area contributed by atoms with E-state index in [1.165, 1.54) is 16.9 Å². The normalized spacial score (nSPS) is 14.5. The Hall–Kier alpha value is -3.40. The molecule has 0 aliphatic carbocycles. The third-order valence-electron chi connectivity index (χ3n) is 5.56. The summed E-state index contributed by atoms with van der Waals surface area (Å²) in [7, 11) is 0. The number of hydrogen-bond donors (Lipinski definition) is 1. The lowest BCUT2D eigenvalue weighted by Gasteiger charge is -2.29. The van der Waals surface area contributed by atoms with Crippen molar-refractivity contribution in [1.82, 2.24) is 15.1 Å². The Morgan fingerprint density at radius 3 is 2.64 bits per heavy atom. The first-order chi connectivity index (χ1) is 15.8. The number of rotatable bonds is 6. The van der Waals surface area contributed by atoms with Gasteiger partial charge in [0.1, 0.15) is 0 Å². The van der Waals surface area contributed by atoms with Crippen molar-refractivity contribution in [3.63, 3.8) is 0 Å². The summed E-state index contributed by atoms with van der Waals surface area (Å²) >= 11 is 0. The minimum absolute atomic E-state index is 0.000190. The van der Waals surface area contributed by atoms with Crippen LogP contribution in [0.15, 0.2) is 53.5 Å². The van der Waals surface area contributed by atoms with Crippen LogP contribution in [0.2, 0.25) is 0 Å². The second kappa shape index (κ2) is 9.62. The fraction of sp³-hybridized carbons (Fsp3) is 0.348. The minimum Gasteiger partial charge on any atom is -0.378 e. The van der Waals surface area contributed by atoms with Crippen molar-refractivity contribution >= 4 is 22.5 Å². The molecule has 2 aromatic carbocycles. The van der Waals surface area contributed by atoms with Gasteiger partial charge in [-0.25, -0.2) is 0 Å². The second-order valence-electron chi connectivity index (χ2n) is 7.71. The summed E-state index contributed by atoms with van der Waals surface area (Å²) in [6.07, 6.45) is -3.35. The van der Waals surface area contributed by atoms with Crippen molar-refractivity contribution in [2.45, 2.75) is 25.7 Å². The van der Waals surface area contributed by atoms with Crippen LogP contribution >= 0.6 is 0 Å². The predicted molar refractivity (Wildman–Crippen MR) is 117 cm³/mol. The van der Waals surface area contributed by atoms with Gasteiger partial charge in [0.05, 0.1) is 37.0 Å². The summed E-state index contributed by atoms with van der Waals surface area (Å²) in [5.41, 5.74) is 0.0962. The molecule has 1 N–H and O–H groups in total. The number of ether oxygens (including phenoxy) is 1. The van der Waals surface area contributed by atoms with Gasteiger partial charge in [-0.15, -0.1) is 0 Å². The predicted octanol–water partition coefficient (Wildman–Crippen LogP) is 2.96. The van der Waals surface area contributed by atoms with Crippen molar-refractivity contribution in [1.29, 1.82) is 0 Å². The lowest BCUT2D eigenvalue weighted by atomic mass is 10.0. The molecule has 174 valence electrons. The number of halogens is 3. The first kappa shape index (κ1) is 22.8. The molecule has 3 aromatic rings. The lowest BCUT2D eigenvalue weighted by Crippen LogP contribution is -2.36. The maximum atomic E-state index is 13.7. The summed E-state index contributed by atoms with van der Waals surface area (Å²) in [4.78, 5) is 26.1. The van der Waals surface area contributed by atoms with Gasteiger partial charge in [-0.3, -0.25) is 14.3 Å². The van der Waals surface area contributed by atoms with Crippen LogP contribution < -0.4 is 15.6 Å². The molecular weight excluding hydrogens is 437 g/mol. The van der Waals surface area contributed by atoms with E-state index in [2.05, 4.69) is 10.4 Å². The monoisotopic (exact) mass is 460 g/mol. The number of nitrogens with one attached hydrogen (secondary N) is 1. The summed E-state index contributed by atoms with van der Waals surface area (Å²) in [6, 6.07) is 11.1. The molecule has 1 saturated heterocycles. The molecule has 0 spiro atoms. The van der Waals surface area contributed by atoms with Crippen LogP contribution in [-0.4, -0.2) is 42.0 Å². The van der Waals surface area contributed by atoms with E-state index in [0.29, 0.717) is 42.9 Å². The standard InChI is InChI=1S/C23H23F3N4O3/c24-23(25,26)19-13-17(29-9-11-33-12-10-29)6-5-16(19)14-27-22(32)7-8-30-20-4-2-1-3-18(20)21(31)15-28-30/h1-6,13,15H,7-12,14H2,(H,27,32). The van der Waals surface area contributed by atoms with E-state index in [-0.39, 0.29) is 30.5 Å². The Balaban J connectivity index is 1.43. The summed E-state index contributed by atoms with van der Waals surface area (Å²) in [5.74, 6) is -0.412. The highest BCUT2D eigenvalue weighted by atomic mass is 19.4. The number of hydrogen-bond acceptors (Lipinski definition) is 5. The quantitative estimate of drug-likeness (QED) is 0.612. The average molecular weight is 460 g/mol. The third-order valence-corrected chi connectivity index (χ3v) is 5.56. The smallest absolute Gasteiger partial charge is 0.378 e. The summed E-state index contributed by atoms with van der Waals surface area (Å²) in [6.45, 7) is 1.95. The van der Waals surface area contributed by atoms with Gasteiger partial charge < -0.3 is 15.0 Å². The van der Waals surface area contributed by atoms with E-state index in [1.807, 2.05) is 4.90 Å². The Morgan fingerprint density at radius 2 is 1.88 bits per heavy atom. The zero-order valence-electron chi connectivity index (χ0n) is 17.8. The van der Waals surface area contributed by atoms with E-state index in [1.54, 1.807) is 30.3 Å². The topological polar surface area (TPSA) is 76.5 Å². The fourth-order valence-corrected chi connectivity index (χ4v) is 3.83. The van der Waals surface area contributed by atoms with Crippen LogP contribution in [0.1, 0.15) is 17.5 Å². The molecule has 2 heterocycles. The average Bonchev–Trinajstić information content (AvgIpc) is 2.82. The van der Waals surface area contributed by atoms with Gasteiger partial charge in [-0.2, -0.15) is 18.3 Å². The van der Waals surface area contributed by atoms with Gasteiger partial charge in [-0.05, 0) is 29.8 Å². The summed E-state index contributed by atoms with van der Waals surface area (Å²) < 4.78 is 47.8. The van der Waals surface area contributed by atoms with Crippen LogP contribution in [0.4, 0.5) is 18.9 Å². The molecule has 7 nitrogen and oxygen atoms in total. The number of para-hydroxylation sites is 1. The third kappa shape index (κ3) is 5.33. The zero-order chi connectivity index (χ0) is 23.4. The molecule has 1 aliphatic heterocycles. The Labute approximate surface area is 187 Å². The number of carbonyl (C=O) groups is 1. The van der Waals surface area contributed by atoms with E-state index >= 15 is 0 Å². The van der Waals surface area contributed by atoms with E-state index in [0.717, 1.165) is 6.07 Å². The molecule has 0 radical (unpaired) electrons. The summed E-state index contributed by atoms with van der Waals surface area (Å²) in [5, 5.41) is 7.11. The highest BCUT2D eigenvalue weighted by molar-refractivity contribution is 5.79. The molecule has 33 heavy (non-hydrogen) atoms. The number of nitrogens with zero attached hydrogens (tertiary/aromatic N) is 3. The maximum absolute atomic E-state index is 13.7. The van der Waals surface area contributed by atoms with Crippen LogP contribution in [0.5, 0.6) is 0 Å². The number of carbonyl (C=O) groups excluding carboxylic acids is 1. The van der Waals surface area contributed by atoms with E-state index in [9.17, 15) is 22.8 Å². The molecule has 0 atom stereocenters. The fourth-order valence-electron chi connectivity index (χ4n) is 3.83. The number of amides is 1. The minimum atomic E-state index is -4.54. The number of alkyl halides is 3. The Bertz CT molecular complexity index is 1200. The largest absolute Gasteiger partial charge is 0.416 e. The molecule has 1 fully saturated rings. The number of anilines is 1. The first-order valence-corrected chi connectivity index (χ1v) is 10.6.